The van der Waals surface area contributed by atoms with Gasteiger partial charge in [0.2, 0.25) is 0 Å². The lowest BCUT2D eigenvalue weighted by molar-refractivity contribution is 0.714. The maximum absolute atomic E-state index is 2.46. The summed E-state index contributed by atoms with van der Waals surface area (Å²) in [5.41, 5.74) is 19.2. The van der Waals surface area contributed by atoms with E-state index in [1.165, 1.54) is 83.1 Å². The van der Waals surface area contributed by atoms with Gasteiger partial charge < -0.3 is 4.90 Å². The van der Waals surface area contributed by atoms with Crippen LogP contribution in [0.3, 0.4) is 0 Å². The van der Waals surface area contributed by atoms with Gasteiger partial charge in [0, 0.05) is 22.4 Å². The Morgan fingerprint density at radius 3 is 1.56 bits per heavy atom. The predicted molar refractivity (Wildman–Crippen MR) is 258 cm³/mol. The van der Waals surface area contributed by atoms with E-state index in [1.807, 2.05) is 0 Å². The first-order valence-electron chi connectivity index (χ1n) is 21.2. The SMILES string of the molecule is CC1(c2ccccc2)c2ccccc2-c2c(N(c3ccc(-c4ccc(-c5ccccc5)cc4)cc3)c3cccc(-c4ccc(-c5cccc6ccccc56)cc4)c3)cccc21. The van der Waals surface area contributed by atoms with Gasteiger partial charge in [0.25, 0.3) is 0 Å². The van der Waals surface area contributed by atoms with Crippen molar-refractivity contribution < 1.29 is 0 Å². The summed E-state index contributed by atoms with van der Waals surface area (Å²) in [5, 5.41) is 2.52. The fourth-order valence-electron chi connectivity index (χ4n) is 9.65. The van der Waals surface area contributed by atoms with Crippen molar-refractivity contribution >= 4 is 27.8 Å². The van der Waals surface area contributed by atoms with Crippen LogP contribution in [-0.2, 0) is 5.41 Å². The van der Waals surface area contributed by atoms with Crippen LogP contribution >= 0.6 is 0 Å². The van der Waals surface area contributed by atoms with Crippen molar-refractivity contribution in [2.24, 2.45) is 0 Å². The van der Waals surface area contributed by atoms with Crippen molar-refractivity contribution in [3.05, 3.63) is 259 Å². The zero-order valence-electron chi connectivity index (χ0n) is 34.0. The van der Waals surface area contributed by atoms with Crippen molar-refractivity contribution in [1.29, 1.82) is 0 Å². The molecule has 1 unspecified atom stereocenters. The number of rotatable bonds is 8. The Morgan fingerprint density at radius 1 is 0.328 bits per heavy atom. The average molecular weight is 778 g/mol. The molecule has 1 aliphatic rings. The Hall–Kier alpha value is -7.74. The first kappa shape index (κ1) is 36.3. The van der Waals surface area contributed by atoms with Gasteiger partial charge in [-0.1, -0.05) is 212 Å². The molecule has 10 aromatic carbocycles. The monoisotopic (exact) mass is 777 g/mol. The summed E-state index contributed by atoms with van der Waals surface area (Å²) in [5.74, 6) is 0. The highest BCUT2D eigenvalue weighted by atomic mass is 15.1. The molecule has 1 aliphatic carbocycles. The summed E-state index contributed by atoms with van der Waals surface area (Å²) in [7, 11) is 0. The number of anilines is 3. The highest BCUT2D eigenvalue weighted by Crippen LogP contribution is 2.56. The van der Waals surface area contributed by atoms with Crippen molar-refractivity contribution in [2.75, 3.05) is 4.90 Å². The smallest absolute Gasteiger partial charge is 0.0543 e. The van der Waals surface area contributed by atoms with Gasteiger partial charge in [-0.25, -0.2) is 0 Å². The maximum Gasteiger partial charge on any atom is 0.0543 e. The van der Waals surface area contributed by atoms with Crippen LogP contribution in [0.2, 0.25) is 0 Å². The molecule has 1 atom stereocenters. The van der Waals surface area contributed by atoms with Gasteiger partial charge in [0.15, 0.2) is 0 Å². The molecule has 0 spiro atoms. The molecule has 288 valence electrons. The van der Waals surface area contributed by atoms with E-state index in [4.69, 9.17) is 0 Å². The van der Waals surface area contributed by atoms with Crippen LogP contribution in [0.25, 0.3) is 66.4 Å². The zero-order valence-corrected chi connectivity index (χ0v) is 34.0. The van der Waals surface area contributed by atoms with Crippen LogP contribution in [0.1, 0.15) is 23.6 Å². The lowest BCUT2D eigenvalue weighted by Gasteiger charge is -2.31. The second-order valence-corrected chi connectivity index (χ2v) is 16.2. The molecule has 0 saturated carbocycles. The molecule has 0 heterocycles. The normalized spacial score (nSPS) is 14.0. The van der Waals surface area contributed by atoms with Gasteiger partial charge in [0.1, 0.15) is 0 Å². The van der Waals surface area contributed by atoms with E-state index in [2.05, 4.69) is 254 Å². The fourth-order valence-corrected chi connectivity index (χ4v) is 9.65. The zero-order chi connectivity index (χ0) is 40.8. The van der Waals surface area contributed by atoms with E-state index in [0.717, 1.165) is 17.1 Å². The van der Waals surface area contributed by atoms with Crippen LogP contribution in [0.15, 0.2) is 243 Å². The van der Waals surface area contributed by atoms with Crippen molar-refractivity contribution in [2.45, 2.75) is 12.3 Å². The van der Waals surface area contributed by atoms with Gasteiger partial charge in [-0.05, 0) is 115 Å². The Labute approximate surface area is 358 Å². The molecule has 0 radical (unpaired) electrons. The van der Waals surface area contributed by atoms with Gasteiger partial charge in [-0.15, -0.1) is 0 Å². The van der Waals surface area contributed by atoms with Gasteiger partial charge >= 0.3 is 0 Å². The van der Waals surface area contributed by atoms with Gasteiger partial charge in [-0.3, -0.25) is 0 Å². The molecule has 0 saturated heterocycles. The van der Waals surface area contributed by atoms with E-state index >= 15 is 0 Å². The Morgan fingerprint density at radius 2 is 0.820 bits per heavy atom. The highest BCUT2D eigenvalue weighted by molar-refractivity contribution is 5.98. The van der Waals surface area contributed by atoms with Crippen LogP contribution in [0, 0.1) is 0 Å². The van der Waals surface area contributed by atoms with Gasteiger partial charge in [0.05, 0.1) is 5.69 Å². The van der Waals surface area contributed by atoms with E-state index < -0.39 is 0 Å². The molecule has 10 aromatic rings. The number of benzene rings is 10. The standard InChI is InChI=1S/C60H43N/c1-60(50-20-6-3-7-21-50)56-26-11-10-24-55(56)59-57(60)27-14-28-58(59)61(51-39-37-45(38-40-51)44-31-29-43(30-32-44)42-15-4-2-5-16-42)52-22-12-19-49(41-52)46-33-35-48(36-34-46)54-25-13-18-47-17-8-9-23-53(47)54/h2-41H,1H3. The molecule has 0 aromatic heterocycles. The molecule has 0 aliphatic heterocycles. The summed E-state index contributed by atoms with van der Waals surface area (Å²) in [6, 6.07) is 88.7. The van der Waals surface area contributed by atoms with E-state index in [0.29, 0.717) is 0 Å². The topological polar surface area (TPSA) is 3.24 Å². The third-order valence-corrected chi connectivity index (χ3v) is 12.8. The molecule has 0 N–H and O–H groups in total. The largest absolute Gasteiger partial charge is 0.310 e. The summed E-state index contributed by atoms with van der Waals surface area (Å²) in [6.07, 6.45) is 0. The molecule has 1 heteroatoms. The summed E-state index contributed by atoms with van der Waals surface area (Å²) in [6.45, 7) is 2.39. The second kappa shape index (κ2) is 15.1. The summed E-state index contributed by atoms with van der Waals surface area (Å²) in [4.78, 5) is 2.46. The molecule has 1 nitrogen and oxygen atoms in total. The lowest BCUT2D eigenvalue weighted by atomic mass is 9.74. The Kier molecular flexibility index (Phi) is 9.02. The van der Waals surface area contributed by atoms with Crippen molar-refractivity contribution in [3.8, 4) is 55.6 Å². The van der Waals surface area contributed by atoms with Crippen LogP contribution in [0.5, 0.6) is 0 Å². The van der Waals surface area contributed by atoms with E-state index in [9.17, 15) is 0 Å². The lowest BCUT2D eigenvalue weighted by Crippen LogP contribution is -2.22. The highest BCUT2D eigenvalue weighted by Gasteiger charge is 2.42. The third-order valence-electron chi connectivity index (χ3n) is 12.8. The Bertz CT molecular complexity index is 3160. The number of nitrogens with zero attached hydrogens (tertiary/aromatic N) is 1. The molecule has 0 bridgehead atoms. The first-order chi connectivity index (χ1) is 30.1. The third kappa shape index (κ3) is 6.34. The number of fused-ring (bicyclic) bond motifs is 4. The number of hydrogen-bond donors (Lipinski definition) is 0. The molecular weight excluding hydrogens is 735 g/mol. The molecule has 61 heavy (non-hydrogen) atoms. The quantitative estimate of drug-likeness (QED) is 0.149. The van der Waals surface area contributed by atoms with E-state index in [-0.39, 0.29) is 5.41 Å². The number of hydrogen-bond acceptors (Lipinski definition) is 1. The first-order valence-corrected chi connectivity index (χ1v) is 21.2. The molecule has 11 rings (SSSR count). The van der Waals surface area contributed by atoms with E-state index in [1.54, 1.807) is 0 Å². The maximum atomic E-state index is 2.46. The van der Waals surface area contributed by atoms with Crippen LogP contribution in [-0.4, -0.2) is 0 Å². The summed E-state index contributed by atoms with van der Waals surface area (Å²) >= 11 is 0. The minimum absolute atomic E-state index is 0.307. The van der Waals surface area contributed by atoms with Gasteiger partial charge in [-0.2, -0.15) is 0 Å². The predicted octanol–water partition coefficient (Wildman–Crippen LogP) is 16.3. The van der Waals surface area contributed by atoms with Crippen molar-refractivity contribution in [1.82, 2.24) is 0 Å². The second-order valence-electron chi connectivity index (χ2n) is 16.2. The Balaban J connectivity index is 1.03. The van der Waals surface area contributed by atoms with Crippen LogP contribution in [0.4, 0.5) is 17.1 Å². The minimum Gasteiger partial charge on any atom is -0.310 e. The molecule has 0 amide bonds. The fraction of sp³-hybridized carbons (Fsp3) is 0.0333. The summed E-state index contributed by atoms with van der Waals surface area (Å²) < 4.78 is 0. The van der Waals surface area contributed by atoms with Crippen LogP contribution < -0.4 is 4.90 Å². The molecule has 0 fully saturated rings. The minimum atomic E-state index is -0.307. The van der Waals surface area contributed by atoms with Crippen molar-refractivity contribution in [3.63, 3.8) is 0 Å². The average Bonchev–Trinajstić information content (AvgIpc) is 3.61. The molecular formula is C60H43N.